The van der Waals surface area contributed by atoms with Gasteiger partial charge in [0.2, 0.25) is 0 Å². The Labute approximate surface area is 111 Å². The lowest BCUT2D eigenvalue weighted by molar-refractivity contribution is 0.0207. The van der Waals surface area contributed by atoms with Crippen LogP contribution in [0.2, 0.25) is 0 Å². The molecule has 0 atom stereocenters. The Kier molecular flexibility index (Phi) is 5.69. The first kappa shape index (κ1) is 13.6. The molecule has 0 spiro atoms. The van der Waals surface area contributed by atoms with Crippen LogP contribution < -0.4 is 5.32 Å². The summed E-state index contributed by atoms with van der Waals surface area (Å²) < 4.78 is 5.93. The molecule has 1 radical (unpaired) electrons. The third kappa shape index (κ3) is 4.43. The first-order chi connectivity index (χ1) is 8.88. The van der Waals surface area contributed by atoms with E-state index in [1.54, 1.807) is 0 Å². The van der Waals surface area contributed by atoms with Crippen molar-refractivity contribution in [2.45, 2.75) is 51.7 Å². The lowest BCUT2D eigenvalue weighted by atomic mass is 10.1. The SMILES string of the molecule is CCCCc1ccc(COC2CC[N]CC2)cc1. The van der Waals surface area contributed by atoms with Gasteiger partial charge in [-0.1, -0.05) is 37.6 Å². The van der Waals surface area contributed by atoms with Gasteiger partial charge in [-0.2, -0.15) is 0 Å². The van der Waals surface area contributed by atoms with E-state index >= 15 is 0 Å². The Balaban J connectivity index is 1.75. The Morgan fingerprint density at radius 3 is 2.44 bits per heavy atom. The first-order valence-electron chi connectivity index (χ1n) is 7.21. The third-order valence-electron chi connectivity index (χ3n) is 3.55. The molecule has 1 aromatic carbocycles. The van der Waals surface area contributed by atoms with Gasteiger partial charge in [-0.05, 0) is 36.8 Å². The standard InChI is InChI=1S/C16H24NO/c1-2-3-4-14-5-7-15(8-6-14)13-18-16-9-11-17-12-10-16/h5-8,16H,2-4,9-13H2,1H3. The number of benzene rings is 1. The van der Waals surface area contributed by atoms with Gasteiger partial charge in [0.1, 0.15) is 0 Å². The maximum atomic E-state index is 5.93. The molecule has 1 heterocycles. The normalized spacial score (nSPS) is 16.9. The highest BCUT2D eigenvalue weighted by Crippen LogP contribution is 2.13. The summed E-state index contributed by atoms with van der Waals surface area (Å²) in [5.41, 5.74) is 2.73. The highest BCUT2D eigenvalue weighted by molar-refractivity contribution is 5.22. The smallest absolute Gasteiger partial charge is 0.0720 e. The monoisotopic (exact) mass is 246 g/mol. The molecule has 1 aliphatic rings. The summed E-state index contributed by atoms with van der Waals surface area (Å²) in [6, 6.07) is 8.89. The predicted octanol–water partition coefficient (Wildman–Crippen LogP) is 3.31. The molecule has 0 aromatic heterocycles. The van der Waals surface area contributed by atoms with E-state index in [0.717, 1.165) is 32.5 Å². The van der Waals surface area contributed by atoms with Crippen LogP contribution in [0.4, 0.5) is 0 Å². The van der Waals surface area contributed by atoms with E-state index in [4.69, 9.17) is 4.74 Å². The minimum Gasteiger partial charge on any atom is -0.373 e. The van der Waals surface area contributed by atoms with E-state index < -0.39 is 0 Å². The third-order valence-corrected chi connectivity index (χ3v) is 3.55. The van der Waals surface area contributed by atoms with Crippen LogP contribution in [0.15, 0.2) is 24.3 Å². The van der Waals surface area contributed by atoms with Gasteiger partial charge in [-0.25, -0.2) is 5.32 Å². The Morgan fingerprint density at radius 1 is 1.11 bits per heavy atom. The zero-order valence-corrected chi connectivity index (χ0v) is 11.4. The molecule has 1 aromatic rings. The lowest BCUT2D eigenvalue weighted by Gasteiger charge is -2.21. The van der Waals surface area contributed by atoms with E-state index in [0.29, 0.717) is 6.10 Å². The molecule has 0 amide bonds. The van der Waals surface area contributed by atoms with Crippen molar-refractivity contribution in [2.24, 2.45) is 0 Å². The number of rotatable bonds is 6. The van der Waals surface area contributed by atoms with Crippen molar-refractivity contribution in [1.82, 2.24) is 5.32 Å². The summed E-state index contributed by atoms with van der Waals surface area (Å²) in [7, 11) is 0. The van der Waals surface area contributed by atoms with E-state index in [1.807, 2.05) is 0 Å². The molecule has 1 saturated heterocycles. The minimum absolute atomic E-state index is 0.419. The largest absolute Gasteiger partial charge is 0.373 e. The average molecular weight is 246 g/mol. The van der Waals surface area contributed by atoms with Gasteiger partial charge in [0.25, 0.3) is 0 Å². The molecule has 1 fully saturated rings. The molecule has 0 unspecified atom stereocenters. The van der Waals surface area contributed by atoms with E-state index in [2.05, 4.69) is 36.5 Å². The second-order valence-corrected chi connectivity index (χ2v) is 5.10. The van der Waals surface area contributed by atoms with Crippen LogP contribution in [0, 0.1) is 0 Å². The van der Waals surface area contributed by atoms with Crippen molar-refractivity contribution in [3.8, 4) is 0 Å². The molecule has 0 N–H and O–H groups in total. The van der Waals surface area contributed by atoms with Crippen molar-refractivity contribution >= 4 is 0 Å². The minimum atomic E-state index is 0.419. The fourth-order valence-electron chi connectivity index (χ4n) is 2.29. The number of piperidine rings is 1. The highest BCUT2D eigenvalue weighted by Gasteiger charge is 2.13. The summed E-state index contributed by atoms with van der Waals surface area (Å²) in [5.74, 6) is 0. The fraction of sp³-hybridized carbons (Fsp3) is 0.625. The molecule has 2 rings (SSSR count). The molecule has 99 valence electrons. The number of hydrogen-bond acceptors (Lipinski definition) is 1. The first-order valence-corrected chi connectivity index (χ1v) is 7.21. The van der Waals surface area contributed by atoms with Gasteiger partial charge in [0, 0.05) is 13.1 Å². The fourth-order valence-corrected chi connectivity index (χ4v) is 2.29. The van der Waals surface area contributed by atoms with E-state index in [9.17, 15) is 0 Å². The molecule has 2 nitrogen and oxygen atoms in total. The van der Waals surface area contributed by atoms with Crippen molar-refractivity contribution < 1.29 is 4.74 Å². The second-order valence-electron chi connectivity index (χ2n) is 5.10. The molecule has 0 aliphatic carbocycles. The maximum Gasteiger partial charge on any atom is 0.0720 e. The number of hydrogen-bond donors (Lipinski definition) is 0. The summed E-state index contributed by atoms with van der Waals surface area (Å²) in [4.78, 5) is 0. The second kappa shape index (κ2) is 7.55. The van der Waals surface area contributed by atoms with Crippen molar-refractivity contribution in [3.63, 3.8) is 0 Å². The molecule has 1 aliphatic heterocycles. The molecule has 0 bridgehead atoms. The number of nitrogens with zero attached hydrogens (tertiary/aromatic N) is 1. The Bertz CT molecular complexity index is 327. The molecule has 0 saturated carbocycles. The van der Waals surface area contributed by atoms with Crippen LogP contribution >= 0.6 is 0 Å². The molecule has 18 heavy (non-hydrogen) atoms. The van der Waals surface area contributed by atoms with Gasteiger partial charge < -0.3 is 4.74 Å². The topological polar surface area (TPSA) is 23.3 Å². The summed E-state index contributed by atoms with van der Waals surface area (Å²) in [6.07, 6.45) is 6.34. The van der Waals surface area contributed by atoms with Crippen molar-refractivity contribution in [3.05, 3.63) is 35.4 Å². The van der Waals surface area contributed by atoms with Gasteiger partial charge >= 0.3 is 0 Å². The number of aryl methyl sites for hydroxylation is 1. The van der Waals surface area contributed by atoms with E-state index in [-0.39, 0.29) is 0 Å². The van der Waals surface area contributed by atoms with Crippen LogP contribution in [0.5, 0.6) is 0 Å². The number of unbranched alkanes of at least 4 members (excludes halogenated alkanes) is 1. The van der Waals surface area contributed by atoms with Crippen molar-refractivity contribution in [2.75, 3.05) is 13.1 Å². The number of ether oxygens (including phenoxy) is 1. The molecule has 2 heteroatoms. The van der Waals surface area contributed by atoms with Crippen LogP contribution in [0.1, 0.15) is 43.7 Å². The van der Waals surface area contributed by atoms with Gasteiger partial charge in [0.05, 0.1) is 12.7 Å². The van der Waals surface area contributed by atoms with Crippen LogP contribution in [-0.2, 0) is 17.8 Å². The maximum absolute atomic E-state index is 5.93. The quantitative estimate of drug-likeness (QED) is 0.755. The Hall–Kier alpha value is -0.860. The summed E-state index contributed by atoms with van der Waals surface area (Å²) in [6.45, 7) is 4.93. The average Bonchev–Trinajstić information content (AvgIpc) is 2.45. The van der Waals surface area contributed by atoms with Gasteiger partial charge in [0.15, 0.2) is 0 Å². The van der Waals surface area contributed by atoms with Crippen LogP contribution in [-0.4, -0.2) is 19.2 Å². The Morgan fingerprint density at radius 2 is 1.78 bits per heavy atom. The molecular weight excluding hydrogens is 222 g/mol. The van der Waals surface area contributed by atoms with Crippen molar-refractivity contribution in [1.29, 1.82) is 0 Å². The summed E-state index contributed by atoms with van der Waals surface area (Å²) >= 11 is 0. The van der Waals surface area contributed by atoms with Gasteiger partial charge in [-0.3, -0.25) is 0 Å². The summed E-state index contributed by atoms with van der Waals surface area (Å²) in [5, 5.41) is 4.34. The van der Waals surface area contributed by atoms with Crippen LogP contribution in [0.3, 0.4) is 0 Å². The molecular formula is C16H24NO. The predicted molar refractivity (Wildman–Crippen MR) is 74.7 cm³/mol. The van der Waals surface area contributed by atoms with Gasteiger partial charge in [-0.15, -0.1) is 0 Å². The highest BCUT2D eigenvalue weighted by atomic mass is 16.5. The lowest BCUT2D eigenvalue weighted by Crippen LogP contribution is -2.28. The van der Waals surface area contributed by atoms with Crippen LogP contribution in [0.25, 0.3) is 0 Å². The zero-order chi connectivity index (χ0) is 12.6. The van der Waals surface area contributed by atoms with E-state index in [1.165, 1.54) is 30.4 Å². The zero-order valence-electron chi connectivity index (χ0n) is 11.4.